The molecule has 0 saturated carbocycles. The molecule has 0 bridgehead atoms. The third-order valence-corrected chi connectivity index (χ3v) is 7.71. The van der Waals surface area contributed by atoms with Crippen molar-refractivity contribution in [3.63, 3.8) is 0 Å². The van der Waals surface area contributed by atoms with Gasteiger partial charge in [-0.25, -0.2) is 0 Å². The minimum atomic E-state index is -0.136. The maximum atomic E-state index is 13.4. The highest BCUT2D eigenvalue weighted by Gasteiger charge is 2.23. The first-order valence-corrected chi connectivity index (χ1v) is 13.7. The number of hydrogen-bond donors (Lipinski definition) is 0. The lowest BCUT2D eigenvalue weighted by Crippen LogP contribution is -2.48. The number of halogens is 1. The van der Waals surface area contributed by atoms with Gasteiger partial charge in [-0.1, -0.05) is 35.9 Å². The van der Waals surface area contributed by atoms with Crippen molar-refractivity contribution in [2.24, 2.45) is 0 Å². The average Bonchev–Trinajstić information content (AvgIpc) is 3.43. The highest BCUT2D eigenvalue weighted by atomic mass is 35.5. The molecule has 0 N–H and O–H groups in total. The van der Waals surface area contributed by atoms with Crippen molar-refractivity contribution in [2.45, 2.75) is 19.4 Å². The number of benzene rings is 3. The van der Waals surface area contributed by atoms with E-state index in [0.717, 1.165) is 35.6 Å². The molecule has 0 radical (unpaired) electrons. The highest BCUT2D eigenvalue weighted by Crippen LogP contribution is 2.21. The molecular weight excluding hydrogens is 528 g/mol. The van der Waals surface area contributed by atoms with Crippen LogP contribution in [0.3, 0.4) is 0 Å². The normalized spacial score (nSPS) is 13.8. The standard InChI is InChI=1S/C30H29ClN6O3/c1-40-24-12-10-23(11-13-24)34-16-18-35(19-17-34)28(38)15-14-27-32-33-30-36(20-21-6-8-22(31)9-7-21)29(39)25-4-2-3-5-26(25)37(27)30/h2-13H,14-20H2,1H3. The van der Waals surface area contributed by atoms with Gasteiger partial charge in [-0.2, -0.15) is 0 Å². The second-order valence-electron chi connectivity index (χ2n) is 9.85. The lowest BCUT2D eigenvalue weighted by molar-refractivity contribution is -0.131. The predicted molar refractivity (Wildman–Crippen MR) is 155 cm³/mol. The van der Waals surface area contributed by atoms with Gasteiger partial charge in [-0.3, -0.25) is 18.6 Å². The van der Waals surface area contributed by atoms with Crippen molar-refractivity contribution >= 4 is 39.9 Å². The fourth-order valence-corrected chi connectivity index (χ4v) is 5.40. The van der Waals surface area contributed by atoms with Gasteiger partial charge in [-0.05, 0) is 54.1 Å². The number of amides is 1. The molecule has 1 fully saturated rings. The largest absolute Gasteiger partial charge is 0.497 e. The van der Waals surface area contributed by atoms with Gasteiger partial charge in [0, 0.05) is 49.7 Å². The molecule has 9 nitrogen and oxygen atoms in total. The summed E-state index contributed by atoms with van der Waals surface area (Å²) in [5, 5.41) is 10.0. The lowest BCUT2D eigenvalue weighted by atomic mass is 10.2. The van der Waals surface area contributed by atoms with Crippen LogP contribution in [0.1, 0.15) is 17.8 Å². The Labute approximate surface area is 236 Å². The molecule has 0 aliphatic carbocycles. The van der Waals surface area contributed by atoms with Gasteiger partial charge in [0.1, 0.15) is 11.6 Å². The predicted octanol–water partition coefficient (Wildman–Crippen LogP) is 4.04. The molecule has 1 aliphatic rings. The van der Waals surface area contributed by atoms with E-state index in [1.165, 1.54) is 0 Å². The monoisotopic (exact) mass is 556 g/mol. The number of nitrogens with zero attached hydrogens (tertiary/aromatic N) is 6. The van der Waals surface area contributed by atoms with Crippen LogP contribution in [0.15, 0.2) is 77.6 Å². The summed E-state index contributed by atoms with van der Waals surface area (Å²) in [5.74, 6) is 2.02. The van der Waals surface area contributed by atoms with Crippen molar-refractivity contribution < 1.29 is 9.53 Å². The molecular formula is C30H29ClN6O3. The van der Waals surface area contributed by atoms with Gasteiger partial charge < -0.3 is 14.5 Å². The van der Waals surface area contributed by atoms with Crippen molar-refractivity contribution in [1.82, 2.24) is 24.1 Å². The van der Waals surface area contributed by atoms with E-state index in [4.69, 9.17) is 16.3 Å². The number of hydrogen-bond acceptors (Lipinski definition) is 6. The Hall–Kier alpha value is -4.37. The van der Waals surface area contributed by atoms with Gasteiger partial charge in [0.2, 0.25) is 11.7 Å². The fourth-order valence-electron chi connectivity index (χ4n) is 5.28. The number of para-hydroxylation sites is 1. The summed E-state index contributed by atoms with van der Waals surface area (Å²) >= 11 is 6.05. The number of anilines is 1. The second-order valence-corrected chi connectivity index (χ2v) is 10.3. The SMILES string of the molecule is COc1ccc(N2CCN(C(=O)CCc3nnc4n(Cc5ccc(Cl)cc5)c(=O)c5ccccc5n34)CC2)cc1. The van der Waals surface area contributed by atoms with E-state index in [9.17, 15) is 9.59 Å². The summed E-state index contributed by atoms with van der Waals surface area (Å²) in [6.45, 7) is 3.20. The zero-order valence-corrected chi connectivity index (χ0v) is 22.9. The van der Waals surface area contributed by atoms with E-state index < -0.39 is 0 Å². The third kappa shape index (κ3) is 5.00. The molecule has 1 saturated heterocycles. The Morgan fingerprint density at radius 1 is 0.925 bits per heavy atom. The molecule has 0 atom stereocenters. The molecule has 0 spiro atoms. The quantitative estimate of drug-likeness (QED) is 0.301. The van der Waals surface area contributed by atoms with Crippen LogP contribution in [0.4, 0.5) is 5.69 Å². The van der Waals surface area contributed by atoms with Crippen LogP contribution in [0, 0.1) is 0 Å². The fraction of sp³-hybridized carbons (Fsp3) is 0.267. The molecule has 6 rings (SSSR count). The van der Waals surface area contributed by atoms with E-state index in [1.807, 2.05) is 70.0 Å². The van der Waals surface area contributed by atoms with Gasteiger partial charge in [0.25, 0.3) is 5.56 Å². The number of methoxy groups -OCH3 is 1. The Bertz CT molecular complexity index is 1720. The molecule has 204 valence electrons. The smallest absolute Gasteiger partial charge is 0.263 e. The van der Waals surface area contributed by atoms with Crippen molar-refractivity contribution in [1.29, 1.82) is 0 Å². The van der Waals surface area contributed by atoms with Crippen LogP contribution in [0.5, 0.6) is 5.75 Å². The van der Waals surface area contributed by atoms with E-state index >= 15 is 0 Å². The van der Waals surface area contributed by atoms with E-state index in [2.05, 4.69) is 15.1 Å². The number of rotatable bonds is 7. The number of aryl methyl sites for hydroxylation is 1. The number of fused-ring (bicyclic) bond motifs is 3. The van der Waals surface area contributed by atoms with Crippen LogP contribution in [0.25, 0.3) is 16.7 Å². The van der Waals surface area contributed by atoms with Crippen LogP contribution >= 0.6 is 11.6 Å². The van der Waals surface area contributed by atoms with E-state index in [0.29, 0.717) is 54.5 Å². The van der Waals surface area contributed by atoms with Crippen LogP contribution in [-0.4, -0.2) is 63.3 Å². The number of carbonyl (C=O) groups excluding carboxylic acids is 1. The molecule has 3 heterocycles. The van der Waals surface area contributed by atoms with E-state index in [-0.39, 0.29) is 11.5 Å². The summed E-state index contributed by atoms with van der Waals surface area (Å²) in [6.07, 6.45) is 0.732. The first-order valence-electron chi connectivity index (χ1n) is 13.3. The Balaban J connectivity index is 1.20. The molecule has 3 aromatic carbocycles. The Morgan fingerprint density at radius 3 is 2.38 bits per heavy atom. The van der Waals surface area contributed by atoms with Gasteiger partial charge in [-0.15, -0.1) is 10.2 Å². The van der Waals surface area contributed by atoms with Crippen molar-refractivity contribution in [3.05, 3.63) is 99.6 Å². The molecule has 5 aromatic rings. The zero-order chi connectivity index (χ0) is 27.6. The maximum absolute atomic E-state index is 13.4. The van der Waals surface area contributed by atoms with Crippen molar-refractivity contribution in [3.8, 4) is 5.75 Å². The summed E-state index contributed by atoms with van der Waals surface area (Å²) in [6, 6.07) is 22.8. The Morgan fingerprint density at radius 2 is 1.65 bits per heavy atom. The van der Waals surface area contributed by atoms with Crippen LogP contribution in [0.2, 0.25) is 5.02 Å². The van der Waals surface area contributed by atoms with Gasteiger partial charge in [0.05, 0.1) is 24.6 Å². The maximum Gasteiger partial charge on any atom is 0.263 e. The first kappa shape index (κ1) is 25.9. The number of ether oxygens (including phenoxy) is 1. The van der Waals surface area contributed by atoms with Gasteiger partial charge >= 0.3 is 0 Å². The molecule has 0 unspecified atom stereocenters. The summed E-state index contributed by atoms with van der Waals surface area (Å²) in [5.41, 5.74) is 2.65. The lowest BCUT2D eigenvalue weighted by Gasteiger charge is -2.36. The molecule has 40 heavy (non-hydrogen) atoms. The number of aromatic nitrogens is 4. The summed E-state index contributed by atoms with van der Waals surface area (Å²) in [7, 11) is 1.66. The number of piperazine rings is 1. The minimum absolute atomic E-state index is 0.0879. The summed E-state index contributed by atoms with van der Waals surface area (Å²) < 4.78 is 8.78. The van der Waals surface area contributed by atoms with E-state index in [1.54, 1.807) is 23.8 Å². The topological polar surface area (TPSA) is 85.0 Å². The van der Waals surface area contributed by atoms with Crippen LogP contribution < -0.4 is 15.2 Å². The minimum Gasteiger partial charge on any atom is -0.497 e. The molecule has 10 heteroatoms. The average molecular weight is 557 g/mol. The third-order valence-electron chi connectivity index (χ3n) is 7.46. The zero-order valence-electron chi connectivity index (χ0n) is 22.2. The van der Waals surface area contributed by atoms with Gasteiger partial charge in [0.15, 0.2) is 0 Å². The molecule has 1 aliphatic heterocycles. The van der Waals surface area contributed by atoms with Crippen molar-refractivity contribution in [2.75, 3.05) is 38.2 Å². The number of carbonyl (C=O) groups is 1. The molecule has 1 amide bonds. The van der Waals surface area contributed by atoms with Crippen LogP contribution in [-0.2, 0) is 17.8 Å². The highest BCUT2D eigenvalue weighted by molar-refractivity contribution is 6.30. The summed E-state index contributed by atoms with van der Waals surface area (Å²) in [4.78, 5) is 30.8. The Kier molecular flexibility index (Phi) is 7.13. The second kappa shape index (κ2) is 11.0. The molecule has 2 aromatic heterocycles. The first-order chi connectivity index (χ1) is 19.5.